The van der Waals surface area contributed by atoms with Crippen LogP contribution in [0.15, 0.2) is 0 Å². The molecule has 90 valence electrons. The van der Waals surface area contributed by atoms with Crippen molar-refractivity contribution >= 4 is 23.8 Å². The van der Waals surface area contributed by atoms with Gasteiger partial charge in [0.25, 0.3) is 0 Å². The summed E-state index contributed by atoms with van der Waals surface area (Å²) in [7, 11) is 1.77. The minimum atomic E-state index is -0.291. The number of hydrogen-bond donors (Lipinski definition) is 2. The molecule has 0 rings (SSSR count). The second-order valence-electron chi connectivity index (χ2n) is 2.82. The molecular formula is C10H22N2O2S. The number of ether oxygens (including phenoxy) is 1. The van der Waals surface area contributed by atoms with Crippen molar-refractivity contribution in [1.82, 2.24) is 10.6 Å². The van der Waals surface area contributed by atoms with Crippen molar-refractivity contribution in [3.8, 4) is 0 Å². The highest BCUT2D eigenvalue weighted by molar-refractivity contribution is 7.78. The summed E-state index contributed by atoms with van der Waals surface area (Å²) in [6.07, 6.45) is 2.66. The van der Waals surface area contributed by atoms with Gasteiger partial charge in [-0.25, -0.2) is 4.79 Å². The van der Waals surface area contributed by atoms with E-state index in [1.807, 2.05) is 6.92 Å². The van der Waals surface area contributed by atoms with Crippen LogP contribution < -0.4 is 10.6 Å². The van der Waals surface area contributed by atoms with Gasteiger partial charge in [-0.15, -0.1) is 0 Å². The van der Waals surface area contributed by atoms with Crippen LogP contribution in [0, 0.1) is 0 Å². The second kappa shape index (κ2) is 15.6. The van der Waals surface area contributed by atoms with Crippen molar-refractivity contribution in [2.45, 2.75) is 33.1 Å². The summed E-state index contributed by atoms with van der Waals surface area (Å²) in [4.78, 5) is 10.7. The second-order valence-corrected chi connectivity index (χ2v) is 3.06. The van der Waals surface area contributed by atoms with Gasteiger partial charge in [-0.1, -0.05) is 32.5 Å². The lowest BCUT2D eigenvalue weighted by Gasteiger charge is -2.03. The highest BCUT2D eigenvalue weighted by Crippen LogP contribution is 1.87. The summed E-state index contributed by atoms with van der Waals surface area (Å²) in [5, 5.41) is 5.25. The summed E-state index contributed by atoms with van der Waals surface area (Å²) in [5.74, 6) is 0. The Hall–Kier alpha value is -0.840. The Morgan fingerprint density at radius 2 is 2.00 bits per heavy atom. The molecule has 0 aliphatic carbocycles. The van der Waals surface area contributed by atoms with Gasteiger partial charge in [-0.2, -0.15) is 0 Å². The molecule has 0 atom stereocenters. The highest BCUT2D eigenvalue weighted by atomic mass is 32.1. The van der Waals surface area contributed by atoms with E-state index in [0.717, 1.165) is 19.3 Å². The maximum Gasteiger partial charge on any atom is 0.407 e. The monoisotopic (exact) mass is 234 g/mol. The van der Waals surface area contributed by atoms with Gasteiger partial charge in [0.1, 0.15) is 0 Å². The quantitative estimate of drug-likeness (QED) is 0.546. The van der Waals surface area contributed by atoms with Crippen LogP contribution in [-0.4, -0.2) is 31.8 Å². The number of thiocarbonyl (C=S) groups is 1. The Kier molecular flexibility index (Phi) is 17.3. The molecule has 0 aliphatic rings. The summed E-state index contributed by atoms with van der Waals surface area (Å²) >= 11 is 4.32. The minimum absolute atomic E-state index is 0.291. The SMILES string of the molecule is CCCCOC(=O)NCCC.CNC=S. The fraction of sp³-hybridized carbons (Fsp3) is 0.800. The number of hydrogen-bond acceptors (Lipinski definition) is 3. The molecule has 0 unspecified atom stereocenters. The molecular weight excluding hydrogens is 212 g/mol. The zero-order chi connectivity index (χ0) is 11.9. The predicted molar refractivity (Wildman–Crippen MR) is 67.3 cm³/mol. The number of rotatable bonds is 6. The first-order valence-corrected chi connectivity index (χ1v) is 5.71. The first-order chi connectivity index (χ1) is 7.22. The van der Waals surface area contributed by atoms with Gasteiger partial charge in [0.15, 0.2) is 0 Å². The zero-order valence-corrected chi connectivity index (χ0v) is 10.7. The van der Waals surface area contributed by atoms with Crippen LogP contribution in [0.4, 0.5) is 4.79 Å². The van der Waals surface area contributed by atoms with Gasteiger partial charge >= 0.3 is 6.09 Å². The average Bonchev–Trinajstić information content (AvgIpc) is 2.27. The van der Waals surface area contributed by atoms with E-state index in [9.17, 15) is 4.79 Å². The van der Waals surface area contributed by atoms with Crippen LogP contribution >= 0.6 is 12.2 Å². The molecule has 0 aliphatic heterocycles. The minimum Gasteiger partial charge on any atom is -0.450 e. The van der Waals surface area contributed by atoms with Crippen molar-refractivity contribution in [1.29, 1.82) is 0 Å². The van der Waals surface area contributed by atoms with E-state index in [4.69, 9.17) is 4.74 Å². The van der Waals surface area contributed by atoms with Crippen LogP contribution in [0.1, 0.15) is 33.1 Å². The average molecular weight is 234 g/mol. The lowest BCUT2D eigenvalue weighted by Crippen LogP contribution is -2.25. The van der Waals surface area contributed by atoms with E-state index in [0.29, 0.717) is 13.2 Å². The molecule has 5 heteroatoms. The number of nitrogens with one attached hydrogen (secondary N) is 2. The fourth-order valence-corrected chi connectivity index (χ4v) is 0.587. The molecule has 0 radical (unpaired) electrons. The van der Waals surface area contributed by atoms with Crippen molar-refractivity contribution in [2.24, 2.45) is 0 Å². The first kappa shape index (κ1) is 16.6. The van der Waals surface area contributed by atoms with E-state index in [2.05, 4.69) is 29.8 Å². The van der Waals surface area contributed by atoms with E-state index in [1.54, 1.807) is 7.05 Å². The Balaban J connectivity index is 0. The summed E-state index contributed by atoms with van der Waals surface area (Å²) in [6, 6.07) is 0. The van der Waals surface area contributed by atoms with Crippen LogP contribution in [-0.2, 0) is 4.74 Å². The maximum absolute atomic E-state index is 10.7. The lowest BCUT2D eigenvalue weighted by molar-refractivity contribution is 0.144. The summed E-state index contributed by atoms with van der Waals surface area (Å²) in [6.45, 7) is 5.30. The van der Waals surface area contributed by atoms with Crippen LogP contribution in [0.5, 0.6) is 0 Å². The molecule has 4 nitrogen and oxygen atoms in total. The highest BCUT2D eigenvalue weighted by Gasteiger charge is 1.97. The first-order valence-electron chi connectivity index (χ1n) is 5.24. The molecule has 0 fully saturated rings. The molecule has 0 saturated carbocycles. The topological polar surface area (TPSA) is 50.4 Å². The zero-order valence-electron chi connectivity index (χ0n) is 9.84. The molecule has 0 heterocycles. The molecule has 0 spiro atoms. The Morgan fingerprint density at radius 1 is 1.40 bits per heavy atom. The van der Waals surface area contributed by atoms with Crippen molar-refractivity contribution in [3.05, 3.63) is 0 Å². The van der Waals surface area contributed by atoms with Crippen LogP contribution in [0.3, 0.4) is 0 Å². The fourth-order valence-electron chi connectivity index (χ4n) is 0.587. The van der Waals surface area contributed by atoms with Crippen molar-refractivity contribution < 1.29 is 9.53 Å². The summed E-state index contributed by atoms with van der Waals surface area (Å²) in [5.41, 5.74) is 1.46. The molecule has 1 amide bonds. The molecule has 0 aromatic carbocycles. The van der Waals surface area contributed by atoms with E-state index < -0.39 is 0 Å². The van der Waals surface area contributed by atoms with E-state index in [-0.39, 0.29) is 6.09 Å². The summed E-state index contributed by atoms with van der Waals surface area (Å²) < 4.78 is 4.83. The van der Waals surface area contributed by atoms with Crippen LogP contribution in [0.25, 0.3) is 0 Å². The van der Waals surface area contributed by atoms with E-state index >= 15 is 0 Å². The number of carbonyl (C=O) groups is 1. The van der Waals surface area contributed by atoms with Gasteiger partial charge in [0.2, 0.25) is 0 Å². The third kappa shape index (κ3) is 19.5. The number of alkyl carbamates (subject to hydrolysis) is 1. The largest absolute Gasteiger partial charge is 0.450 e. The molecule has 2 N–H and O–H groups in total. The molecule has 15 heavy (non-hydrogen) atoms. The Bertz CT molecular complexity index is 154. The number of unbranched alkanes of at least 4 members (excludes halogenated alkanes) is 1. The van der Waals surface area contributed by atoms with Gasteiger partial charge in [0, 0.05) is 13.6 Å². The van der Waals surface area contributed by atoms with Gasteiger partial charge < -0.3 is 15.4 Å². The standard InChI is InChI=1S/C8H17NO2.C2H5NS/c1-3-5-7-11-8(10)9-6-4-2;1-3-2-4/h3-7H2,1-2H3,(H,9,10);2H,1H3,(H,3,4). The maximum atomic E-state index is 10.7. The van der Waals surface area contributed by atoms with Gasteiger partial charge in [-0.05, 0) is 12.8 Å². The normalized spacial score (nSPS) is 8.20. The Labute approximate surface area is 97.8 Å². The molecule has 0 bridgehead atoms. The molecule has 0 aromatic rings. The molecule has 0 aromatic heterocycles. The smallest absolute Gasteiger partial charge is 0.407 e. The van der Waals surface area contributed by atoms with Crippen molar-refractivity contribution in [3.63, 3.8) is 0 Å². The third-order valence-electron chi connectivity index (χ3n) is 1.37. The number of carbonyl (C=O) groups excluding carboxylic acids is 1. The number of amides is 1. The molecule has 0 saturated heterocycles. The third-order valence-corrected chi connectivity index (χ3v) is 1.60. The predicted octanol–water partition coefficient (Wildman–Crippen LogP) is 2.09. The Morgan fingerprint density at radius 3 is 2.40 bits per heavy atom. The van der Waals surface area contributed by atoms with Gasteiger partial charge in [-0.3, -0.25) is 0 Å². The van der Waals surface area contributed by atoms with E-state index in [1.165, 1.54) is 5.49 Å². The lowest BCUT2D eigenvalue weighted by atomic mass is 10.4. The van der Waals surface area contributed by atoms with Gasteiger partial charge in [0.05, 0.1) is 12.1 Å². The van der Waals surface area contributed by atoms with Crippen molar-refractivity contribution in [2.75, 3.05) is 20.2 Å². The van der Waals surface area contributed by atoms with Crippen LogP contribution in [0.2, 0.25) is 0 Å².